The van der Waals surface area contributed by atoms with Gasteiger partial charge in [0.25, 0.3) is 0 Å². The predicted molar refractivity (Wildman–Crippen MR) is 88.1 cm³/mol. The average molecular weight is 300 g/mol. The highest BCUT2D eigenvalue weighted by Gasteiger charge is 2.21. The van der Waals surface area contributed by atoms with Gasteiger partial charge in [-0.05, 0) is 19.3 Å². The van der Waals surface area contributed by atoms with Crippen LogP contribution in [0.25, 0.3) is 0 Å². The van der Waals surface area contributed by atoms with Crippen LogP contribution in [0.1, 0.15) is 46.0 Å². The fourth-order valence-corrected chi connectivity index (χ4v) is 2.96. The zero-order chi connectivity index (χ0) is 16.5. The second-order valence-corrected chi connectivity index (χ2v) is 7.57. The van der Waals surface area contributed by atoms with Gasteiger partial charge >= 0.3 is 0 Å². The Morgan fingerprint density at radius 1 is 0.714 bits per heavy atom. The molecule has 21 heavy (non-hydrogen) atoms. The standard InChI is InChI=1S/C17H36N2O2/c1-7-12-18(3,4)14-16(20)10-9-11-17(21)15-19(5,6)13-8-2/h7-15H2,1-6H3/q+2. The van der Waals surface area contributed by atoms with Crippen LogP contribution in [0.5, 0.6) is 0 Å². The lowest BCUT2D eigenvalue weighted by atomic mass is 10.1. The molecule has 0 spiro atoms. The van der Waals surface area contributed by atoms with Gasteiger partial charge in [-0.25, -0.2) is 0 Å². The maximum Gasteiger partial charge on any atom is 0.186 e. The fraction of sp³-hybridized carbons (Fsp3) is 0.882. The summed E-state index contributed by atoms with van der Waals surface area (Å²) in [7, 11) is 8.38. The van der Waals surface area contributed by atoms with Gasteiger partial charge in [0.1, 0.15) is 13.1 Å². The molecule has 0 unspecified atom stereocenters. The molecule has 0 saturated heterocycles. The molecule has 0 aromatic heterocycles. The summed E-state index contributed by atoms with van der Waals surface area (Å²) in [4.78, 5) is 23.9. The third-order valence-electron chi connectivity index (χ3n) is 3.78. The molecule has 0 heterocycles. The van der Waals surface area contributed by atoms with Crippen molar-refractivity contribution in [2.45, 2.75) is 46.0 Å². The summed E-state index contributed by atoms with van der Waals surface area (Å²) < 4.78 is 1.51. The van der Waals surface area contributed by atoms with E-state index in [9.17, 15) is 9.59 Å². The van der Waals surface area contributed by atoms with Crippen LogP contribution in [0, 0.1) is 0 Å². The van der Waals surface area contributed by atoms with Gasteiger partial charge in [0.2, 0.25) is 0 Å². The SMILES string of the molecule is CCC[N+](C)(C)CC(=O)CCCC(=O)C[N+](C)(C)CCC. The van der Waals surface area contributed by atoms with E-state index in [1.807, 2.05) is 0 Å². The Balaban J connectivity index is 3.98. The lowest BCUT2D eigenvalue weighted by Gasteiger charge is -2.29. The van der Waals surface area contributed by atoms with Gasteiger partial charge in [0.15, 0.2) is 11.6 Å². The number of quaternary nitrogens is 2. The molecule has 4 heteroatoms. The van der Waals surface area contributed by atoms with Crippen molar-refractivity contribution in [1.82, 2.24) is 0 Å². The molecule has 0 rings (SSSR count). The minimum absolute atomic E-state index is 0.281. The highest BCUT2D eigenvalue weighted by atomic mass is 16.1. The minimum atomic E-state index is 0.281. The van der Waals surface area contributed by atoms with E-state index in [0.717, 1.165) is 34.9 Å². The van der Waals surface area contributed by atoms with Crippen LogP contribution in [0.4, 0.5) is 0 Å². The van der Waals surface area contributed by atoms with Gasteiger partial charge in [-0.2, -0.15) is 0 Å². The average Bonchev–Trinajstić information content (AvgIpc) is 2.26. The number of nitrogens with zero attached hydrogens (tertiary/aromatic N) is 2. The van der Waals surface area contributed by atoms with Crippen molar-refractivity contribution in [2.75, 3.05) is 54.4 Å². The van der Waals surface area contributed by atoms with E-state index in [2.05, 4.69) is 42.0 Å². The first-order chi connectivity index (χ1) is 9.62. The largest absolute Gasteiger partial charge is 0.322 e. The zero-order valence-corrected chi connectivity index (χ0v) is 15.1. The summed E-state index contributed by atoms with van der Waals surface area (Å²) in [6.07, 6.45) is 3.96. The lowest BCUT2D eigenvalue weighted by Crippen LogP contribution is -2.44. The van der Waals surface area contributed by atoms with Crippen molar-refractivity contribution in [1.29, 1.82) is 0 Å². The molecule has 0 amide bonds. The Morgan fingerprint density at radius 3 is 1.33 bits per heavy atom. The topological polar surface area (TPSA) is 34.1 Å². The van der Waals surface area contributed by atoms with E-state index in [0.29, 0.717) is 32.4 Å². The Bertz CT molecular complexity index is 304. The van der Waals surface area contributed by atoms with E-state index in [-0.39, 0.29) is 11.6 Å². The molecule has 0 fully saturated rings. The normalized spacial score (nSPS) is 12.5. The second kappa shape index (κ2) is 9.31. The van der Waals surface area contributed by atoms with Crippen LogP contribution in [0.2, 0.25) is 0 Å². The summed E-state index contributed by atoms with van der Waals surface area (Å²) in [5.74, 6) is 0.562. The number of Topliss-reactive ketones (excluding diaryl/α,β-unsaturated/α-hetero) is 2. The minimum Gasteiger partial charge on any atom is -0.322 e. The number of carbonyl (C=O) groups is 2. The molecular weight excluding hydrogens is 264 g/mol. The van der Waals surface area contributed by atoms with Gasteiger partial charge in [-0.3, -0.25) is 9.59 Å². The second-order valence-electron chi connectivity index (χ2n) is 7.57. The molecule has 0 saturated carbocycles. The lowest BCUT2D eigenvalue weighted by molar-refractivity contribution is -0.882. The Morgan fingerprint density at radius 2 is 1.05 bits per heavy atom. The van der Waals surface area contributed by atoms with Crippen LogP contribution in [0.15, 0.2) is 0 Å². The monoisotopic (exact) mass is 300 g/mol. The number of carbonyl (C=O) groups excluding carboxylic acids is 2. The van der Waals surface area contributed by atoms with E-state index in [4.69, 9.17) is 0 Å². The van der Waals surface area contributed by atoms with E-state index < -0.39 is 0 Å². The molecular formula is C17H36N2O2+2. The number of hydrogen-bond donors (Lipinski definition) is 0. The third kappa shape index (κ3) is 10.6. The van der Waals surface area contributed by atoms with Gasteiger partial charge in [-0.1, -0.05) is 13.8 Å². The Labute approximate surface area is 131 Å². The van der Waals surface area contributed by atoms with Crippen LogP contribution in [-0.2, 0) is 9.59 Å². The molecule has 0 aromatic carbocycles. The van der Waals surface area contributed by atoms with Crippen LogP contribution in [0.3, 0.4) is 0 Å². The summed E-state index contributed by atoms with van der Waals surface area (Å²) in [6.45, 7) is 7.48. The van der Waals surface area contributed by atoms with Crippen molar-refractivity contribution in [2.24, 2.45) is 0 Å². The number of rotatable bonds is 12. The molecule has 0 aliphatic rings. The third-order valence-corrected chi connectivity index (χ3v) is 3.78. The molecule has 124 valence electrons. The van der Waals surface area contributed by atoms with Crippen molar-refractivity contribution >= 4 is 11.6 Å². The quantitative estimate of drug-likeness (QED) is 0.518. The molecule has 0 aromatic rings. The number of hydrogen-bond acceptors (Lipinski definition) is 2. The molecule has 0 radical (unpaired) electrons. The first-order valence-electron chi connectivity index (χ1n) is 8.29. The van der Waals surface area contributed by atoms with Gasteiger partial charge in [0.05, 0.1) is 41.3 Å². The molecule has 0 aliphatic heterocycles. The highest BCUT2D eigenvalue weighted by Crippen LogP contribution is 2.06. The van der Waals surface area contributed by atoms with Gasteiger partial charge in [-0.15, -0.1) is 0 Å². The van der Waals surface area contributed by atoms with Crippen LogP contribution in [-0.4, -0.2) is 74.9 Å². The molecule has 0 atom stereocenters. The first kappa shape index (κ1) is 20.3. The number of likely N-dealkylation sites (N-methyl/N-ethyl adjacent to an activating group) is 2. The maximum atomic E-state index is 12.0. The summed E-state index contributed by atoms with van der Waals surface area (Å²) in [5, 5.41) is 0. The summed E-state index contributed by atoms with van der Waals surface area (Å²) in [5.41, 5.74) is 0. The van der Waals surface area contributed by atoms with E-state index in [1.165, 1.54) is 0 Å². The van der Waals surface area contributed by atoms with Crippen molar-refractivity contribution in [3.05, 3.63) is 0 Å². The number of ketones is 2. The summed E-state index contributed by atoms with van der Waals surface area (Å²) in [6, 6.07) is 0. The van der Waals surface area contributed by atoms with E-state index >= 15 is 0 Å². The van der Waals surface area contributed by atoms with Crippen molar-refractivity contribution in [3.63, 3.8) is 0 Å². The van der Waals surface area contributed by atoms with Crippen molar-refractivity contribution < 1.29 is 18.6 Å². The fourth-order valence-electron chi connectivity index (χ4n) is 2.96. The first-order valence-corrected chi connectivity index (χ1v) is 8.29. The van der Waals surface area contributed by atoms with E-state index in [1.54, 1.807) is 0 Å². The smallest absolute Gasteiger partial charge is 0.186 e. The zero-order valence-electron chi connectivity index (χ0n) is 15.1. The molecule has 0 bridgehead atoms. The van der Waals surface area contributed by atoms with Gasteiger partial charge in [0, 0.05) is 12.8 Å². The predicted octanol–water partition coefficient (Wildman–Crippen LogP) is 2.27. The van der Waals surface area contributed by atoms with Gasteiger partial charge < -0.3 is 8.97 Å². The molecule has 0 N–H and O–H groups in total. The Hall–Kier alpha value is -0.740. The van der Waals surface area contributed by atoms with Crippen LogP contribution < -0.4 is 0 Å². The molecule has 4 nitrogen and oxygen atoms in total. The Kier molecular flexibility index (Phi) is 8.98. The highest BCUT2D eigenvalue weighted by molar-refractivity contribution is 5.82. The van der Waals surface area contributed by atoms with Crippen molar-refractivity contribution in [3.8, 4) is 0 Å². The van der Waals surface area contributed by atoms with Crippen LogP contribution >= 0.6 is 0 Å². The molecule has 0 aliphatic carbocycles. The summed E-state index contributed by atoms with van der Waals surface area (Å²) >= 11 is 0. The maximum absolute atomic E-state index is 12.0.